The van der Waals surface area contributed by atoms with Gasteiger partial charge in [-0.25, -0.2) is 0 Å². The van der Waals surface area contributed by atoms with Crippen LogP contribution in [0, 0.1) is 0 Å². The lowest BCUT2D eigenvalue weighted by Crippen LogP contribution is -2.46. The van der Waals surface area contributed by atoms with E-state index in [1.165, 1.54) is 5.56 Å². The summed E-state index contributed by atoms with van der Waals surface area (Å²) in [5.74, 6) is 1.10. The van der Waals surface area contributed by atoms with Crippen LogP contribution in [0.5, 0.6) is 5.75 Å². The molecule has 0 atom stereocenters. The van der Waals surface area contributed by atoms with Gasteiger partial charge in [-0.05, 0) is 77.0 Å². The maximum atomic E-state index is 14.0. The van der Waals surface area contributed by atoms with Crippen LogP contribution in [0.4, 0.5) is 0 Å². The van der Waals surface area contributed by atoms with E-state index < -0.39 is 8.32 Å². The molecule has 46 heavy (non-hydrogen) atoms. The SMILES string of the molecule is CC(C)c1ccc(COc2ccc(-c3c(-c4ccncc4)nn4c3C(=O)N(CCO[Si](C)(C)C(C)(C)C)CC4)cc2)cc1CCO. The number of benzene rings is 2. The summed E-state index contributed by atoms with van der Waals surface area (Å²) in [6, 6.07) is 18.1. The number of fused-ring (bicyclic) bond motifs is 1. The van der Waals surface area contributed by atoms with Gasteiger partial charge in [0.2, 0.25) is 0 Å². The third-order valence-corrected chi connectivity index (χ3v) is 13.9. The first-order valence-electron chi connectivity index (χ1n) is 16.3. The Morgan fingerprint density at radius 3 is 2.35 bits per heavy atom. The van der Waals surface area contributed by atoms with Crippen LogP contribution in [-0.4, -0.2) is 65.3 Å². The number of carbonyl (C=O) groups is 1. The van der Waals surface area contributed by atoms with Gasteiger partial charge < -0.3 is 19.2 Å². The second-order valence-corrected chi connectivity index (χ2v) is 18.7. The van der Waals surface area contributed by atoms with Crippen LogP contribution in [-0.2, 0) is 24.0 Å². The van der Waals surface area contributed by atoms with Crippen LogP contribution in [0.1, 0.15) is 67.7 Å². The summed E-state index contributed by atoms with van der Waals surface area (Å²) in [6.07, 6.45) is 4.13. The van der Waals surface area contributed by atoms with E-state index in [-0.39, 0.29) is 17.6 Å². The van der Waals surface area contributed by atoms with Crippen molar-refractivity contribution in [2.75, 3.05) is 26.3 Å². The fourth-order valence-corrected chi connectivity index (χ4v) is 6.70. The molecule has 0 fully saturated rings. The summed E-state index contributed by atoms with van der Waals surface area (Å²) in [4.78, 5) is 20.1. The quantitative estimate of drug-likeness (QED) is 0.163. The van der Waals surface area contributed by atoms with Gasteiger partial charge in [0.25, 0.3) is 5.91 Å². The van der Waals surface area contributed by atoms with Crippen LogP contribution in [0.25, 0.3) is 22.4 Å². The zero-order valence-corrected chi connectivity index (χ0v) is 29.3. The number of carbonyl (C=O) groups excluding carboxylic acids is 1. The molecule has 8 nitrogen and oxygen atoms in total. The number of hydrogen-bond acceptors (Lipinski definition) is 6. The molecule has 0 saturated heterocycles. The lowest BCUT2D eigenvalue weighted by atomic mass is 9.94. The standard InChI is InChI=1S/C37H48N4O4Si/c1-26(2)32-13-8-27(24-30(32)16-22-42)25-44-31-11-9-28(10-12-31)33-34(29-14-17-38-18-15-29)39-41-20-19-40(36(43)35(33)41)21-23-45-46(6,7)37(3,4)5/h8-15,17-18,24,26,42H,16,19-23,25H2,1-7H3. The van der Waals surface area contributed by atoms with Gasteiger partial charge in [0, 0.05) is 43.2 Å². The molecule has 0 unspecified atom stereocenters. The van der Waals surface area contributed by atoms with Crippen molar-refractivity contribution in [1.29, 1.82) is 0 Å². The number of pyridine rings is 1. The molecule has 244 valence electrons. The number of hydrogen-bond donors (Lipinski definition) is 1. The molecule has 1 N–H and O–H groups in total. The molecule has 2 aromatic heterocycles. The third kappa shape index (κ3) is 7.27. The summed E-state index contributed by atoms with van der Waals surface area (Å²) in [6.45, 7) is 18.3. The maximum Gasteiger partial charge on any atom is 0.272 e. The monoisotopic (exact) mass is 640 g/mol. The number of aliphatic hydroxyl groups is 1. The molecule has 2 aromatic carbocycles. The Hall–Kier alpha value is -3.79. The van der Waals surface area contributed by atoms with Crippen molar-refractivity contribution >= 4 is 14.2 Å². The lowest BCUT2D eigenvalue weighted by molar-refractivity contribution is 0.0666. The zero-order chi connectivity index (χ0) is 33.1. The van der Waals surface area contributed by atoms with Crippen molar-refractivity contribution in [2.45, 2.75) is 78.2 Å². The van der Waals surface area contributed by atoms with Gasteiger partial charge >= 0.3 is 0 Å². The summed E-state index contributed by atoms with van der Waals surface area (Å²) in [5, 5.41) is 14.6. The number of aliphatic hydroxyl groups excluding tert-OH is 1. The van der Waals surface area contributed by atoms with Crippen molar-refractivity contribution in [3.63, 3.8) is 0 Å². The van der Waals surface area contributed by atoms with Gasteiger partial charge in [-0.15, -0.1) is 0 Å². The second-order valence-electron chi connectivity index (χ2n) is 13.9. The molecule has 9 heteroatoms. The van der Waals surface area contributed by atoms with Gasteiger partial charge in [0.15, 0.2) is 8.32 Å². The lowest BCUT2D eigenvalue weighted by Gasteiger charge is -2.37. The van der Waals surface area contributed by atoms with E-state index >= 15 is 0 Å². The van der Waals surface area contributed by atoms with E-state index in [1.54, 1.807) is 12.4 Å². The largest absolute Gasteiger partial charge is 0.489 e. The molecule has 1 aliphatic heterocycles. The predicted octanol–water partition coefficient (Wildman–Crippen LogP) is 7.33. The van der Waals surface area contributed by atoms with Gasteiger partial charge in [-0.1, -0.05) is 65.0 Å². The van der Waals surface area contributed by atoms with E-state index in [0.717, 1.165) is 39.3 Å². The molecular weight excluding hydrogens is 593 g/mol. The Bertz CT molecular complexity index is 1640. The summed E-state index contributed by atoms with van der Waals surface area (Å²) in [7, 11) is -1.92. The predicted molar refractivity (Wildman–Crippen MR) is 186 cm³/mol. The van der Waals surface area contributed by atoms with Crippen molar-refractivity contribution < 1.29 is 19.1 Å². The van der Waals surface area contributed by atoms with Crippen LogP contribution in [0.3, 0.4) is 0 Å². The van der Waals surface area contributed by atoms with Crippen molar-refractivity contribution in [1.82, 2.24) is 19.7 Å². The average Bonchev–Trinajstić information content (AvgIpc) is 3.42. The van der Waals surface area contributed by atoms with Gasteiger partial charge in [0.1, 0.15) is 23.7 Å². The van der Waals surface area contributed by atoms with Crippen molar-refractivity contribution in [3.8, 4) is 28.1 Å². The number of rotatable bonds is 12. The first-order valence-corrected chi connectivity index (χ1v) is 19.2. The molecule has 1 aliphatic rings. The summed E-state index contributed by atoms with van der Waals surface area (Å²) >= 11 is 0. The molecule has 3 heterocycles. The third-order valence-electron chi connectivity index (χ3n) is 9.37. The number of aromatic nitrogens is 3. The molecule has 0 bridgehead atoms. The Labute approximate surface area is 274 Å². The van der Waals surface area contributed by atoms with E-state index in [9.17, 15) is 9.90 Å². The minimum atomic E-state index is -1.92. The maximum absolute atomic E-state index is 14.0. The van der Waals surface area contributed by atoms with Gasteiger partial charge in [-0.2, -0.15) is 5.10 Å². The molecule has 1 amide bonds. The van der Waals surface area contributed by atoms with E-state index in [4.69, 9.17) is 14.3 Å². The normalized spacial score (nSPS) is 13.8. The zero-order valence-electron chi connectivity index (χ0n) is 28.3. The van der Waals surface area contributed by atoms with Crippen LogP contribution in [0.15, 0.2) is 67.0 Å². The van der Waals surface area contributed by atoms with Crippen LogP contribution < -0.4 is 4.74 Å². The number of ether oxygens (including phenoxy) is 1. The molecule has 0 saturated carbocycles. The highest BCUT2D eigenvalue weighted by Gasteiger charge is 2.38. The highest BCUT2D eigenvalue weighted by atomic mass is 28.4. The number of nitrogens with zero attached hydrogens (tertiary/aromatic N) is 4. The Kier molecular flexibility index (Phi) is 10.1. The molecule has 5 rings (SSSR count). The first kappa shape index (κ1) is 33.6. The number of amides is 1. The molecular formula is C37H48N4O4Si. The summed E-state index contributed by atoms with van der Waals surface area (Å²) in [5.41, 5.74) is 7.47. The van der Waals surface area contributed by atoms with Gasteiger partial charge in [-0.3, -0.25) is 14.5 Å². The molecule has 0 spiro atoms. The Morgan fingerprint density at radius 1 is 0.978 bits per heavy atom. The van der Waals surface area contributed by atoms with Crippen LogP contribution in [0.2, 0.25) is 18.1 Å². The van der Waals surface area contributed by atoms with Crippen molar-refractivity contribution in [2.24, 2.45) is 0 Å². The Morgan fingerprint density at radius 2 is 1.70 bits per heavy atom. The van der Waals surface area contributed by atoms with Crippen molar-refractivity contribution in [3.05, 3.63) is 89.4 Å². The first-order chi connectivity index (χ1) is 21.9. The van der Waals surface area contributed by atoms with E-state index in [1.807, 2.05) is 46.0 Å². The minimum Gasteiger partial charge on any atom is -0.489 e. The van der Waals surface area contributed by atoms with E-state index in [0.29, 0.717) is 50.9 Å². The average molecular weight is 641 g/mol. The fourth-order valence-electron chi connectivity index (χ4n) is 5.67. The highest BCUT2D eigenvalue weighted by Crippen LogP contribution is 2.38. The van der Waals surface area contributed by atoms with E-state index in [2.05, 4.69) is 70.9 Å². The molecule has 0 aliphatic carbocycles. The molecule has 0 radical (unpaired) electrons. The topological polar surface area (TPSA) is 89.7 Å². The fraction of sp³-hybridized carbons (Fsp3) is 0.432. The Balaban J connectivity index is 1.38. The van der Waals surface area contributed by atoms with Crippen LogP contribution >= 0.6 is 0 Å². The summed E-state index contributed by atoms with van der Waals surface area (Å²) < 4.78 is 14.5. The smallest absolute Gasteiger partial charge is 0.272 e. The second kappa shape index (κ2) is 13.9. The minimum absolute atomic E-state index is 0.0308. The van der Waals surface area contributed by atoms with Gasteiger partial charge in [0.05, 0.1) is 13.2 Å². The highest BCUT2D eigenvalue weighted by molar-refractivity contribution is 6.74. The molecule has 4 aromatic rings.